The van der Waals surface area contributed by atoms with E-state index in [4.69, 9.17) is 0 Å². The summed E-state index contributed by atoms with van der Waals surface area (Å²) in [6.45, 7) is 1.03. The van der Waals surface area contributed by atoms with Crippen molar-refractivity contribution >= 4 is 38.6 Å². The van der Waals surface area contributed by atoms with Gasteiger partial charge in [0, 0.05) is 32.4 Å². The highest BCUT2D eigenvalue weighted by Gasteiger charge is 2.30. The van der Waals surface area contributed by atoms with Gasteiger partial charge in [0.2, 0.25) is 5.91 Å². The second kappa shape index (κ2) is 7.93. The molecule has 152 valence electrons. The number of hydrogen-bond acceptors (Lipinski definition) is 7. The minimum atomic E-state index is -3.50. The highest BCUT2D eigenvalue weighted by atomic mass is 32.2. The molecule has 1 aliphatic rings. The average Bonchev–Trinajstić information content (AvgIpc) is 3.29. The van der Waals surface area contributed by atoms with Crippen LogP contribution in [-0.4, -0.2) is 65.6 Å². The molecule has 0 saturated carbocycles. The predicted octanol–water partition coefficient (Wildman–Crippen LogP) is 0.701. The summed E-state index contributed by atoms with van der Waals surface area (Å²) in [4.78, 5) is 30.7. The number of carbonyl (C=O) groups is 1. The van der Waals surface area contributed by atoms with E-state index < -0.39 is 10.0 Å². The van der Waals surface area contributed by atoms with Gasteiger partial charge in [0.1, 0.15) is 15.5 Å². The molecule has 11 heteroatoms. The van der Waals surface area contributed by atoms with Crippen LogP contribution in [0.4, 0.5) is 5.69 Å². The number of piperazine rings is 1. The van der Waals surface area contributed by atoms with Crippen molar-refractivity contribution in [2.24, 2.45) is 0 Å². The summed E-state index contributed by atoms with van der Waals surface area (Å²) in [5.74, 6) is -0.198. The van der Waals surface area contributed by atoms with E-state index in [0.717, 1.165) is 0 Å². The summed E-state index contributed by atoms with van der Waals surface area (Å²) in [6.07, 6.45) is 3.03. The first-order valence-electron chi connectivity index (χ1n) is 8.98. The number of sulfonamides is 1. The Balaban J connectivity index is 1.36. The molecule has 0 aliphatic carbocycles. The zero-order chi connectivity index (χ0) is 20.4. The molecule has 0 atom stereocenters. The van der Waals surface area contributed by atoms with Gasteiger partial charge in [-0.3, -0.25) is 14.0 Å². The fourth-order valence-corrected chi connectivity index (χ4v) is 5.71. The average molecular weight is 434 g/mol. The quantitative estimate of drug-likeness (QED) is 0.635. The summed E-state index contributed by atoms with van der Waals surface area (Å²) in [5, 5.41) is 4.57. The van der Waals surface area contributed by atoms with Crippen molar-refractivity contribution in [3.8, 4) is 0 Å². The fourth-order valence-electron chi connectivity index (χ4n) is 3.15. The van der Waals surface area contributed by atoms with Gasteiger partial charge in [-0.05, 0) is 23.6 Å². The van der Waals surface area contributed by atoms with Gasteiger partial charge >= 0.3 is 0 Å². The number of fused-ring (bicyclic) bond motifs is 1. The highest BCUT2D eigenvalue weighted by Crippen LogP contribution is 2.22. The molecule has 1 aliphatic heterocycles. The first-order chi connectivity index (χ1) is 14.0. The van der Waals surface area contributed by atoms with Crippen LogP contribution in [0.5, 0.6) is 0 Å². The van der Waals surface area contributed by atoms with Crippen molar-refractivity contribution in [2.45, 2.75) is 4.21 Å². The molecular formula is C18H19N5O4S2. The second-order valence-electron chi connectivity index (χ2n) is 6.48. The number of carbonyl (C=O) groups excluding carboxylic acids is 1. The Labute approximate surface area is 171 Å². The molecule has 29 heavy (non-hydrogen) atoms. The van der Waals surface area contributed by atoms with Gasteiger partial charge < -0.3 is 10.2 Å². The third kappa shape index (κ3) is 3.88. The van der Waals surface area contributed by atoms with E-state index >= 15 is 0 Å². The molecule has 1 amide bonds. The number of anilines is 1. The third-order valence-electron chi connectivity index (χ3n) is 4.72. The van der Waals surface area contributed by atoms with Crippen LogP contribution < -0.4 is 10.9 Å². The molecule has 1 N–H and O–H groups in total. The highest BCUT2D eigenvalue weighted by molar-refractivity contribution is 7.91. The largest absolute Gasteiger partial charge is 0.370 e. The summed E-state index contributed by atoms with van der Waals surface area (Å²) >= 11 is 1.18. The van der Waals surface area contributed by atoms with Crippen molar-refractivity contribution < 1.29 is 13.2 Å². The number of nitrogens with one attached hydrogen (secondary N) is 1. The van der Waals surface area contributed by atoms with E-state index in [9.17, 15) is 18.0 Å². The van der Waals surface area contributed by atoms with Gasteiger partial charge in [0.25, 0.3) is 15.6 Å². The number of pyridine rings is 1. The summed E-state index contributed by atoms with van der Waals surface area (Å²) in [6, 6.07) is 8.52. The predicted molar refractivity (Wildman–Crippen MR) is 110 cm³/mol. The molecule has 4 heterocycles. The molecule has 4 rings (SSSR count). The number of aromatic nitrogens is 2. The molecule has 3 aromatic rings. The molecule has 1 fully saturated rings. The van der Waals surface area contributed by atoms with Crippen LogP contribution in [0.3, 0.4) is 0 Å². The number of rotatable bonds is 5. The molecule has 0 unspecified atom stereocenters. The molecule has 0 radical (unpaired) electrons. The van der Waals surface area contributed by atoms with E-state index in [-0.39, 0.29) is 36.8 Å². The molecule has 0 aromatic carbocycles. The summed E-state index contributed by atoms with van der Waals surface area (Å²) < 4.78 is 28.2. The van der Waals surface area contributed by atoms with Crippen molar-refractivity contribution in [3.63, 3.8) is 0 Å². The Kier molecular flexibility index (Phi) is 5.35. The first kappa shape index (κ1) is 19.6. The monoisotopic (exact) mass is 433 g/mol. The van der Waals surface area contributed by atoms with Crippen LogP contribution in [-0.2, 0) is 14.8 Å². The van der Waals surface area contributed by atoms with Crippen LogP contribution >= 0.6 is 11.3 Å². The Morgan fingerprint density at radius 3 is 2.66 bits per heavy atom. The van der Waals surface area contributed by atoms with Gasteiger partial charge in [-0.1, -0.05) is 12.1 Å². The lowest BCUT2D eigenvalue weighted by molar-refractivity contribution is -0.130. The molecule has 9 nitrogen and oxygen atoms in total. The topological polar surface area (TPSA) is 104 Å². The number of amides is 1. The van der Waals surface area contributed by atoms with E-state index in [0.29, 0.717) is 22.9 Å². The smallest absolute Gasteiger partial charge is 0.281 e. The van der Waals surface area contributed by atoms with Gasteiger partial charge in [-0.2, -0.15) is 4.31 Å². The van der Waals surface area contributed by atoms with Crippen LogP contribution in [0, 0.1) is 0 Å². The molecule has 0 bridgehead atoms. The van der Waals surface area contributed by atoms with E-state index in [1.165, 1.54) is 26.2 Å². The maximum absolute atomic E-state index is 12.6. The third-order valence-corrected chi connectivity index (χ3v) is 8.00. The van der Waals surface area contributed by atoms with Crippen molar-refractivity contribution in [1.82, 2.24) is 18.6 Å². The maximum Gasteiger partial charge on any atom is 0.281 e. The Morgan fingerprint density at radius 1 is 1.14 bits per heavy atom. The number of hydrogen-bond donors (Lipinski definition) is 1. The Bertz CT molecular complexity index is 1180. The molecular weight excluding hydrogens is 414 g/mol. The first-order valence-corrected chi connectivity index (χ1v) is 11.3. The van der Waals surface area contributed by atoms with E-state index in [1.54, 1.807) is 46.8 Å². The van der Waals surface area contributed by atoms with Gasteiger partial charge in [0.15, 0.2) is 0 Å². The van der Waals surface area contributed by atoms with E-state index in [2.05, 4.69) is 10.3 Å². The van der Waals surface area contributed by atoms with Gasteiger partial charge in [-0.25, -0.2) is 13.4 Å². The van der Waals surface area contributed by atoms with E-state index in [1.807, 2.05) is 0 Å². The van der Waals surface area contributed by atoms with Crippen LogP contribution in [0.15, 0.2) is 57.1 Å². The van der Waals surface area contributed by atoms with Crippen molar-refractivity contribution in [3.05, 3.63) is 58.5 Å². The maximum atomic E-state index is 12.6. The lowest BCUT2D eigenvalue weighted by atomic mass is 10.3. The SMILES string of the molecule is O=C(CNc1cnc2ccccn2c1=O)N1CCN(S(=O)(=O)c2cccs2)CC1. The zero-order valence-corrected chi connectivity index (χ0v) is 17.0. The van der Waals surface area contributed by atoms with Gasteiger partial charge in [0.05, 0.1) is 12.7 Å². The lowest BCUT2D eigenvalue weighted by Gasteiger charge is -2.33. The van der Waals surface area contributed by atoms with Crippen LogP contribution in [0.25, 0.3) is 5.65 Å². The summed E-state index contributed by atoms with van der Waals surface area (Å²) in [5.41, 5.74) is 0.480. The zero-order valence-electron chi connectivity index (χ0n) is 15.4. The Morgan fingerprint density at radius 2 is 1.93 bits per heavy atom. The van der Waals surface area contributed by atoms with Crippen LogP contribution in [0.2, 0.25) is 0 Å². The standard InChI is InChI=1S/C18H19N5O4S2/c24-16(13-19-14-12-20-15-4-1-2-6-23(15)18(14)25)21-7-9-22(10-8-21)29(26,27)17-5-3-11-28-17/h1-6,11-12,19H,7-10,13H2. The molecule has 0 spiro atoms. The fraction of sp³-hybridized carbons (Fsp3) is 0.278. The van der Waals surface area contributed by atoms with Crippen LogP contribution in [0.1, 0.15) is 0 Å². The minimum absolute atomic E-state index is 0.0620. The normalized spacial score (nSPS) is 15.5. The Hall–Kier alpha value is -2.76. The minimum Gasteiger partial charge on any atom is -0.370 e. The molecule has 3 aromatic heterocycles. The number of thiophene rings is 1. The van der Waals surface area contributed by atoms with Crippen molar-refractivity contribution in [1.29, 1.82) is 0 Å². The number of nitrogens with zero attached hydrogens (tertiary/aromatic N) is 4. The van der Waals surface area contributed by atoms with Gasteiger partial charge in [-0.15, -0.1) is 11.3 Å². The lowest BCUT2D eigenvalue weighted by Crippen LogP contribution is -2.51. The summed E-state index contributed by atoms with van der Waals surface area (Å²) in [7, 11) is -3.50. The van der Waals surface area contributed by atoms with Crippen molar-refractivity contribution in [2.75, 3.05) is 38.0 Å². The molecule has 1 saturated heterocycles. The second-order valence-corrected chi connectivity index (χ2v) is 9.59.